The molecule has 1 heterocycles. The Balaban J connectivity index is 1.54. The van der Waals surface area contributed by atoms with Crippen molar-refractivity contribution in [3.05, 3.63) is 152 Å². The van der Waals surface area contributed by atoms with Crippen molar-refractivity contribution < 1.29 is 0 Å². The normalized spacial score (nSPS) is 11.5. The molecule has 0 N–H and O–H groups in total. The van der Waals surface area contributed by atoms with E-state index in [-0.39, 0.29) is 0 Å². The van der Waals surface area contributed by atoms with Crippen LogP contribution in [0.15, 0.2) is 152 Å². The molecular formula is C38H25NS. The molecule has 0 amide bonds. The van der Waals surface area contributed by atoms with E-state index in [2.05, 4.69) is 157 Å². The second kappa shape index (κ2) is 9.37. The maximum absolute atomic E-state index is 2.48. The molecule has 0 fully saturated rings. The molecule has 1 nitrogen and oxygen atoms in total. The van der Waals surface area contributed by atoms with E-state index in [4.69, 9.17) is 0 Å². The summed E-state index contributed by atoms with van der Waals surface area (Å²) in [6, 6.07) is 54.9. The van der Waals surface area contributed by atoms with Crippen LogP contribution in [0.2, 0.25) is 0 Å². The van der Waals surface area contributed by atoms with E-state index >= 15 is 0 Å². The number of fused-ring (bicyclic) bond motifs is 5. The van der Waals surface area contributed by atoms with E-state index in [1.54, 1.807) is 0 Å². The summed E-state index contributed by atoms with van der Waals surface area (Å²) in [5, 5.41) is 7.60. The summed E-state index contributed by atoms with van der Waals surface area (Å²) in [4.78, 5) is 2.48. The lowest BCUT2D eigenvalue weighted by atomic mass is 9.90. The highest BCUT2D eigenvalue weighted by molar-refractivity contribution is 7.26. The van der Waals surface area contributed by atoms with Crippen LogP contribution in [0.25, 0.3) is 52.8 Å². The van der Waals surface area contributed by atoms with Crippen molar-refractivity contribution in [3.63, 3.8) is 0 Å². The van der Waals surface area contributed by atoms with Crippen LogP contribution in [-0.4, -0.2) is 0 Å². The van der Waals surface area contributed by atoms with Crippen molar-refractivity contribution in [1.29, 1.82) is 0 Å². The fourth-order valence-corrected chi connectivity index (χ4v) is 7.34. The molecule has 0 bridgehead atoms. The zero-order valence-corrected chi connectivity index (χ0v) is 22.6. The maximum atomic E-state index is 2.48. The number of hydrogen-bond acceptors (Lipinski definition) is 2. The van der Waals surface area contributed by atoms with Gasteiger partial charge in [0.15, 0.2) is 0 Å². The lowest BCUT2D eigenvalue weighted by Crippen LogP contribution is -2.11. The van der Waals surface area contributed by atoms with Gasteiger partial charge in [0.25, 0.3) is 0 Å². The van der Waals surface area contributed by atoms with Crippen LogP contribution in [0.3, 0.4) is 0 Å². The smallest absolute Gasteiger partial charge is 0.0640 e. The Kier molecular flexibility index (Phi) is 5.39. The average molecular weight is 528 g/mol. The summed E-state index contributed by atoms with van der Waals surface area (Å²) >= 11 is 1.88. The molecular weight excluding hydrogens is 502 g/mol. The van der Waals surface area contributed by atoms with E-state index in [9.17, 15) is 0 Å². The number of hydrogen-bond donors (Lipinski definition) is 0. The predicted octanol–water partition coefficient (Wildman–Crippen LogP) is 11.5. The maximum Gasteiger partial charge on any atom is 0.0640 e. The first-order valence-electron chi connectivity index (χ1n) is 13.6. The lowest BCUT2D eigenvalue weighted by molar-refractivity contribution is 1.33. The Morgan fingerprint density at radius 3 is 1.60 bits per heavy atom. The Bertz CT molecular complexity index is 2100. The quantitative estimate of drug-likeness (QED) is 0.206. The van der Waals surface area contributed by atoms with Crippen molar-refractivity contribution in [1.82, 2.24) is 0 Å². The first-order valence-corrected chi connectivity index (χ1v) is 14.4. The third-order valence-electron chi connectivity index (χ3n) is 7.83. The van der Waals surface area contributed by atoms with E-state index in [1.165, 1.54) is 64.2 Å². The first kappa shape index (κ1) is 23.0. The van der Waals surface area contributed by atoms with E-state index < -0.39 is 0 Å². The number of para-hydroxylation sites is 1. The molecule has 0 aliphatic rings. The standard InChI is InChI=1S/C38H25NS/c1-3-14-26(15-4-1)36-29-19-7-9-21-31(29)37(32-22-10-8-20-30(32)36)39(27-16-5-2-6-17-27)34-24-13-23-33-28-18-11-12-25-35(28)40-38(33)34/h1-25H. The summed E-state index contributed by atoms with van der Waals surface area (Å²) < 4.78 is 2.61. The van der Waals surface area contributed by atoms with Gasteiger partial charge in [0.2, 0.25) is 0 Å². The fourth-order valence-electron chi connectivity index (χ4n) is 6.14. The van der Waals surface area contributed by atoms with Crippen molar-refractivity contribution in [2.75, 3.05) is 4.90 Å². The monoisotopic (exact) mass is 527 g/mol. The summed E-state index contributed by atoms with van der Waals surface area (Å²) in [5.41, 5.74) is 6.08. The molecule has 0 saturated carbocycles. The van der Waals surface area contributed by atoms with Crippen molar-refractivity contribution in [2.24, 2.45) is 0 Å². The fraction of sp³-hybridized carbons (Fsp3) is 0. The van der Waals surface area contributed by atoms with Gasteiger partial charge < -0.3 is 4.90 Å². The van der Waals surface area contributed by atoms with Gasteiger partial charge in [-0.05, 0) is 46.2 Å². The topological polar surface area (TPSA) is 3.24 Å². The minimum absolute atomic E-state index is 1.15. The van der Waals surface area contributed by atoms with Crippen molar-refractivity contribution in [2.45, 2.75) is 0 Å². The van der Waals surface area contributed by atoms with Crippen LogP contribution in [0.4, 0.5) is 17.1 Å². The van der Waals surface area contributed by atoms with Gasteiger partial charge in [0, 0.05) is 31.9 Å². The molecule has 0 spiro atoms. The molecule has 8 rings (SSSR count). The molecule has 0 aliphatic carbocycles. The zero-order valence-electron chi connectivity index (χ0n) is 21.8. The van der Waals surface area contributed by atoms with Crippen LogP contribution < -0.4 is 4.90 Å². The van der Waals surface area contributed by atoms with Gasteiger partial charge in [-0.3, -0.25) is 0 Å². The molecule has 0 unspecified atom stereocenters. The second-order valence-corrected chi connectivity index (χ2v) is 11.2. The molecule has 188 valence electrons. The second-order valence-electron chi connectivity index (χ2n) is 10.1. The van der Waals surface area contributed by atoms with Crippen LogP contribution in [0.1, 0.15) is 0 Å². The van der Waals surface area contributed by atoms with Crippen LogP contribution in [-0.2, 0) is 0 Å². The molecule has 7 aromatic carbocycles. The largest absolute Gasteiger partial charge is 0.308 e. The van der Waals surface area contributed by atoms with Gasteiger partial charge in [0.1, 0.15) is 0 Å². The SMILES string of the molecule is c1ccc(-c2c3ccccc3c(N(c3ccccc3)c3cccc4c3sc3ccccc34)c3ccccc23)cc1. The van der Waals surface area contributed by atoms with Crippen molar-refractivity contribution in [3.8, 4) is 11.1 Å². The molecule has 0 saturated heterocycles. The highest BCUT2D eigenvalue weighted by Gasteiger charge is 2.23. The van der Waals surface area contributed by atoms with Crippen LogP contribution in [0, 0.1) is 0 Å². The zero-order chi connectivity index (χ0) is 26.5. The van der Waals surface area contributed by atoms with Crippen LogP contribution >= 0.6 is 11.3 Å². The van der Waals surface area contributed by atoms with Gasteiger partial charge in [0.05, 0.1) is 16.1 Å². The number of anilines is 3. The molecule has 0 aliphatic heterocycles. The van der Waals surface area contributed by atoms with E-state index in [0.717, 1.165) is 5.69 Å². The molecule has 2 heteroatoms. The summed E-state index contributed by atoms with van der Waals surface area (Å²) in [5.74, 6) is 0. The summed E-state index contributed by atoms with van der Waals surface area (Å²) in [6.45, 7) is 0. The third-order valence-corrected chi connectivity index (χ3v) is 9.04. The van der Waals surface area contributed by atoms with Crippen molar-refractivity contribution >= 4 is 70.1 Å². The lowest BCUT2D eigenvalue weighted by Gasteiger charge is -2.30. The Morgan fingerprint density at radius 2 is 0.925 bits per heavy atom. The number of nitrogens with zero attached hydrogens (tertiary/aromatic N) is 1. The van der Waals surface area contributed by atoms with Gasteiger partial charge in [-0.25, -0.2) is 0 Å². The molecule has 1 aromatic heterocycles. The Hall–Kier alpha value is -4.92. The number of benzene rings is 7. The summed E-state index contributed by atoms with van der Waals surface area (Å²) in [7, 11) is 0. The third kappa shape index (κ3) is 3.54. The Labute approximate surface area is 237 Å². The van der Waals surface area contributed by atoms with E-state index in [0.29, 0.717) is 0 Å². The highest BCUT2D eigenvalue weighted by Crippen LogP contribution is 2.50. The first-order chi connectivity index (χ1) is 19.9. The van der Waals surface area contributed by atoms with Crippen LogP contribution in [0.5, 0.6) is 0 Å². The molecule has 0 radical (unpaired) electrons. The van der Waals surface area contributed by atoms with Gasteiger partial charge in [-0.1, -0.05) is 127 Å². The predicted molar refractivity (Wildman–Crippen MR) is 174 cm³/mol. The van der Waals surface area contributed by atoms with Gasteiger partial charge in [-0.15, -0.1) is 11.3 Å². The minimum atomic E-state index is 1.15. The number of thiophene rings is 1. The minimum Gasteiger partial charge on any atom is -0.308 e. The molecule has 8 aromatic rings. The Morgan fingerprint density at radius 1 is 0.400 bits per heavy atom. The molecule has 0 atom stereocenters. The highest BCUT2D eigenvalue weighted by atomic mass is 32.1. The average Bonchev–Trinajstić information content (AvgIpc) is 3.41. The van der Waals surface area contributed by atoms with E-state index in [1.807, 2.05) is 11.3 Å². The van der Waals surface area contributed by atoms with Gasteiger partial charge in [-0.2, -0.15) is 0 Å². The molecule has 40 heavy (non-hydrogen) atoms. The van der Waals surface area contributed by atoms with Gasteiger partial charge >= 0.3 is 0 Å². The summed E-state index contributed by atoms with van der Waals surface area (Å²) in [6.07, 6.45) is 0. The number of rotatable bonds is 4.